The molecule has 3 N–H and O–H groups in total. The average Bonchev–Trinajstić information content (AvgIpc) is 1.65. The third kappa shape index (κ3) is 24.3. The minimum absolute atomic E-state index is 0. The molecule has 33 heteroatoms. The molecule has 0 aliphatic rings. The second-order valence-electron chi connectivity index (χ2n) is 27.2. The van der Waals surface area contributed by atoms with Crippen molar-refractivity contribution < 1.29 is 109 Å². The van der Waals surface area contributed by atoms with Crippen molar-refractivity contribution in [2.75, 3.05) is 76.7 Å². The summed E-state index contributed by atoms with van der Waals surface area (Å²) in [5.41, 5.74) is 12.6. The number of hydrogen-bond acceptors (Lipinski definition) is 24. The number of carbonyl (C=O) groups excluding carboxylic acids is 2. The summed E-state index contributed by atoms with van der Waals surface area (Å²) in [7, 11) is 12.2. The SMILES string of the molecule is C.COCCn1c(Cc2ccc(-c3cccc(Cl)n3)cc2F)nc2ccc(C(=O)OC)cc21.COCCn1c(Cc2ccc(-c3cccc(OCc4ccncc4OC)n3)c(F)c2)nc2ccc(C(=O)O)cc21.COCCn1c(Cc2ccc(-c3cccc(OCc4ccncc4OC)n3)c(F)c2)nc2ccc(C(=O)OC)cc21.COc1cnccc1CO.[Li+].[OH-]. The molecule has 0 amide bonds. The third-order valence-electron chi connectivity index (χ3n) is 19.5. The standard InChI is InChI=1S/C31H29FN4O5.C30H27FN4O5.C24H21ClFN3O3.C7H9NO2.CH4.Li.H2O/c1-38-14-13-36-27-17-21(31(37)40-3)8-10-26(27)34-29(36)16-20-7-9-23(24(32)15-20)25-5-4-6-30(35-25)41-19-22-11-12-33-18-28(22)39-2;1-38-13-12-35-26-16-20(30(36)37)7-9-25(26)33-28(35)15-19-6-8-22(23(31)14-19)24-4-3-5-29(34-24)40-18-21-10-11-32-17-27(21)39-2;1-31-11-10-29-21-13-17(24(30)32-2)8-9-20(21)28-23(29)14-15-6-7-16(12-18(15)26)19-4-3-5-22(25)27-19;1-10-7-4-8-3-2-6(7)5-9;;;/h4-12,15,17-18H,13-14,16,19H2,1-3H3;3-11,14,16-17H,12-13,15,18H2,1-2H3,(H,36,37);3-9,12-13H,10-11,14H2,1-2H3;2-4,9H,5H2,1H3;1H4;;1H2/q;;;;;+1;/p-1. The zero-order chi connectivity index (χ0) is 86.9. The second-order valence-corrected chi connectivity index (χ2v) is 27.6. The molecule has 0 aliphatic heterocycles. The van der Waals surface area contributed by atoms with Crippen LogP contribution in [0, 0.1) is 17.5 Å². The van der Waals surface area contributed by atoms with Crippen LogP contribution in [-0.2, 0) is 82.4 Å². The first-order valence-corrected chi connectivity index (χ1v) is 38.8. The summed E-state index contributed by atoms with van der Waals surface area (Å²) < 4.78 is 104. The largest absolute Gasteiger partial charge is 1.00 e. The molecular weight excluding hydrogens is 1640 g/mol. The van der Waals surface area contributed by atoms with Gasteiger partial charge in [0.2, 0.25) is 11.8 Å². The first-order valence-electron chi connectivity index (χ1n) is 38.4. The van der Waals surface area contributed by atoms with Crippen LogP contribution in [0.15, 0.2) is 219 Å². The van der Waals surface area contributed by atoms with Crippen LogP contribution in [0.25, 0.3) is 66.9 Å². The van der Waals surface area contributed by atoms with Crippen molar-refractivity contribution in [2.45, 2.75) is 66.1 Å². The van der Waals surface area contributed by atoms with Gasteiger partial charge in [-0.15, -0.1) is 0 Å². The van der Waals surface area contributed by atoms with Crippen molar-refractivity contribution in [3.8, 4) is 62.8 Å². The Morgan fingerprint density at radius 2 is 0.825 bits per heavy atom. The third-order valence-corrected chi connectivity index (χ3v) is 19.7. The van der Waals surface area contributed by atoms with Crippen LogP contribution in [0.5, 0.6) is 29.0 Å². The van der Waals surface area contributed by atoms with Crippen molar-refractivity contribution in [1.29, 1.82) is 0 Å². The number of hydrogen-bond donors (Lipinski definition) is 2. The van der Waals surface area contributed by atoms with Gasteiger partial charge < -0.3 is 76.8 Å². The maximum atomic E-state index is 15.4. The molecule has 0 saturated carbocycles. The predicted octanol–water partition coefficient (Wildman–Crippen LogP) is 13.4. The number of halogens is 4. The molecule has 9 aromatic heterocycles. The number of carboxylic acids is 1. The van der Waals surface area contributed by atoms with Crippen LogP contribution in [0.2, 0.25) is 5.15 Å². The number of methoxy groups -OCH3 is 8. The smallest absolute Gasteiger partial charge is 0.870 e. The van der Waals surface area contributed by atoms with Gasteiger partial charge in [0.1, 0.15) is 70.5 Å². The Morgan fingerprint density at radius 3 is 1.21 bits per heavy atom. The van der Waals surface area contributed by atoms with Crippen molar-refractivity contribution in [2.24, 2.45) is 0 Å². The van der Waals surface area contributed by atoms with Crippen molar-refractivity contribution in [3.63, 3.8) is 0 Å². The van der Waals surface area contributed by atoms with Gasteiger partial charge in [-0.25, -0.2) is 57.5 Å². The Balaban J connectivity index is 0.000000201. The van der Waals surface area contributed by atoms with E-state index in [-0.39, 0.29) is 69.4 Å². The Hall–Kier alpha value is -13.5. The van der Waals surface area contributed by atoms with Crippen LogP contribution < -0.4 is 42.5 Å². The van der Waals surface area contributed by atoms with E-state index in [1.54, 1.807) is 213 Å². The molecule has 0 aliphatic carbocycles. The number of esters is 2. The van der Waals surface area contributed by atoms with Crippen molar-refractivity contribution in [3.05, 3.63) is 309 Å². The normalized spacial score (nSPS) is 10.7. The van der Waals surface area contributed by atoms with E-state index in [4.69, 9.17) is 74.0 Å². The molecule has 15 rings (SSSR count). The molecule has 0 spiro atoms. The van der Waals surface area contributed by atoms with E-state index < -0.39 is 29.5 Å². The molecule has 0 radical (unpaired) electrons. The topological polar surface area (TPSA) is 345 Å². The zero-order valence-electron chi connectivity index (χ0n) is 69.8. The van der Waals surface area contributed by atoms with Gasteiger partial charge >= 0.3 is 36.8 Å². The van der Waals surface area contributed by atoms with Gasteiger partial charge in [0, 0.05) is 124 Å². The number of imidazole rings is 3. The van der Waals surface area contributed by atoms with Gasteiger partial charge in [0.05, 0.1) is 147 Å². The summed E-state index contributed by atoms with van der Waals surface area (Å²) in [5, 5.41) is 18.5. The molecule has 648 valence electrons. The fraction of sp³-hybridized carbons (Fsp3) is 0.226. The van der Waals surface area contributed by atoms with Gasteiger partial charge in [-0.1, -0.05) is 61.5 Å². The number of nitrogens with zero attached hydrogens (tertiary/aromatic N) is 12. The number of rotatable bonds is 31. The molecular formula is C93H91ClF3LiN12O16. The summed E-state index contributed by atoms with van der Waals surface area (Å²) in [6, 6.07) is 51.2. The van der Waals surface area contributed by atoms with Crippen LogP contribution in [-0.4, -0.2) is 169 Å². The molecule has 28 nitrogen and oxygen atoms in total. The molecule has 9 heterocycles. The van der Waals surface area contributed by atoms with Gasteiger partial charge in [0.25, 0.3) is 0 Å². The van der Waals surface area contributed by atoms with Gasteiger partial charge in [0.15, 0.2) is 0 Å². The number of pyridine rings is 6. The van der Waals surface area contributed by atoms with Crippen LogP contribution >= 0.6 is 11.6 Å². The monoisotopic (exact) mass is 1730 g/mol. The Morgan fingerprint density at radius 1 is 0.421 bits per heavy atom. The maximum Gasteiger partial charge on any atom is 1.00 e. The number of benzene rings is 6. The molecule has 6 aromatic carbocycles. The van der Waals surface area contributed by atoms with E-state index in [0.717, 1.165) is 44.6 Å². The van der Waals surface area contributed by atoms with Crippen molar-refractivity contribution in [1.82, 2.24) is 58.6 Å². The number of fused-ring (bicyclic) bond motifs is 3. The summed E-state index contributed by atoms with van der Waals surface area (Å²) in [6.45, 7) is 3.28. The van der Waals surface area contributed by atoms with E-state index in [1.165, 1.54) is 38.5 Å². The number of aliphatic hydroxyl groups is 1. The second kappa shape index (κ2) is 46.8. The fourth-order valence-electron chi connectivity index (χ4n) is 13.3. The number of aliphatic hydroxyl groups excluding tert-OH is 1. The van der Waals surface area contributed by atoms with Gasteiger partial charge in [-0.2, -0.15) is 0 Å². The molecule has 0 fully saturated rings. The number of aromatic nitrogens is 12. The summed E-state index contributed by atoms with van der Waals surface area (Å²) in [5.74, 6) is 1.60. The van der Waals surface area contributed by atoms with E-state index in [9.17, 15) is 23.9 Å². The van der Waals surface area contributed by atoms with E-state index in [2.05, 4.69) is 34.9 Å². The molecule has 0 atom stereocenters. The average molecular weight is 1730 g/mol. The molecule has 0 saturated heterocycles. The van der Waals surface area contributed by atoms with Crippen LogP contribution in [0.4, 0.5) is 13.2 Å². The Labute approximate surface area is 741 Å². The molecule has 0 unspecified atom stereocenters. The summed E-state index contributed by atoms with van der Waals surface area (Å²) in [4.78, 5) is 74.8. The summed E-state index contributed by atoms with van der Waals surface area (Å²) in [6.07, 6.45) is 10.7. The first-order chi connectivity index (χ1) is 59.8. The molecule has 0 bridgehead atoms. The van der Waals surface area contributed by atoms with Gasteiger partial charge in [-0.05, 0) is 144 Å². The minimum atomic E-state index is -1.01. The maximum absolute atomic E-state index is 15.4. The van der Waals surface area contributed by atoms with Gasteiger partial charge in [-0.3, -0.25) is 15.0 Å². The van der Waals surface area contributed by atoms with E-state index >= 15 is 8.78 Å². The van der Waals surface area contributed by atoms with Crippen LogP contribution in [0.3, 0.4) is 0 Å². The number of carboxylic acid groups (broad SMARTS) is 1. The van der Waals surface area contributed by atoms with Crippen molar-refractivity contribution >= 4 is 62.6 Å². The quantitative estimate of drug-likeness (QED) is 0.0231. The number of aromatic carboxylic acids is 1. The fourth-order valence-corrected chi connectivity index (χ4v) is 13.5. The Kier molecular flexibility index (Phi) is 35.8. The molecule has 126 heavy (non-hydrogen) atoms. The zero-order valence-corrected chi connectivity index (χ0v) is 70.6. The van der Waals surface area contributed by atoms with E-state index in [0.29, 0.717) is 171 Å². The minimum Gasteiger partial charge on any atom is -0.870 e. The number of carbonyl (C=O) groups is 3. The predicted molar refractivity (Wildman–Crippen MR) is 462 cm³/mol. The number of ether oxygens (including phenoxy) is 10. The summed E-state index contributed by atoms with van der Waals surface area (Å²) >= 11 is 5.96. The Bertz CT molecular complexity index is 6200. The van der Waals surface area contributed by atoms with E-state index in [1.807, 2.05) is 38.0 Å². The van der Waals surface area contributed by atoms with Crippen LogP contribution in [0.1, 0.15) is 89.4 Å². The molecule has 15 aromatic rings. The first kappa shape index (κ1) is 96.3.